The van der Waals surface area contributed by atoms with E-state index in [1.165, 1.54) is 18.0 Å². The normalized spacial score (nSPS) is 10.9. The molecule has 0 aliphatic heterocycles. The number of nitrogens with zero attached hydrogens (tertiary/aromatic N) is 2. The van der Waals surface area contributed by atoms with Gasteiger partial charge in [0.05, 0.1) is 23.0 Å². The lowest BCUT2D eigenvalue weighted by Gasteiger charge is -2.23. The van der Waals surface area contributed by atoms with Gasteiger partial charge in [-0.3, -0.25) is 9.97 Å². The van der Waals surface area contributed by atoms with Gasteiger partial charge in [0.2, 0.25) is 0 Å². The summed E-state index contributed by atoms with van der Waals surface area (Å²) in [6.07, 6.45) is 4.98. The summed E-state index contributed by atoms with van der Waals surface area (Å²) in [6.45, 7) is -0.149. The van der Waals surface area contributed by atoms with Crippen LogP contribution in [0.25, 0.3) is 22.4 Å². The van der Waals surface area contributed by atoms with Crippen LogP contribution in [0.1, 0.15) is 5.69 Å². The lowest BCUT2D eigenvalue weighted by Crippen LogP contribution is -2.44. The van der Waals surface area contributed by atoms with Crippen molar-refractivity contribution in [3.63, 3.8) is 0 Å². The molecule has 0 amide bonds. The zero-order chi connectivity index (χ0) is 19.7. The molecule has 2 heterocycles. The molecule has 1 N–H and O–H groups in total. The van der Waals surface area contributed by atoms with Crippen LogP contribution >= 0.6 is 23.4 Å². The Kier molecular flexibility index (Phi) is 6.09. The zero-order valence-corrected chi connectivity index (χ0v) is 16.1. The summed E-state index contributed by atoms with van der Waals surface area (Å²) in [7, 11) is 25.0. The predicted molar refractivity (Wildman–Crippen MR) is 117 cm³/mol. The van der Waals surface area contributed by atoms with Crippen LogP contribution in [0.4, 0.5) is 0 Å². The Morgan fingerprint density at radius 1 is 1.00 bits per heavy atom. The number of thioether (sulfide) groups is 1. The van der Waals surface area contributed by atoms with Crippen LogP contribution in [0.15, 0.2) is 35.5 Å². The molecule has 2 aromatic heterocycles. The number of hydrogen-bond acceptors (Lipinski definition) is 4. The number of aromatic nitrogens is 2. The summed E-state index contributed by atoms with van der Waals surface area (Å²) in [6, 6.07) is 5.22. The maximum Gasteiger partial charge on any atom is 0.114 e. The molecule has 0 atom stereocenters. The Morgan fingerprint density at radius 3 is 2.19 bits per heavy atom. The number of benzene rings is 1. The SMILES string of the molecule is [B]c1c([B])c(-c2cc(Cl)cnc2-c2ccc(CO)nc2)c([B])c([B])c1SC. The summed E-state index contributed by atoms with van der Waals surface area (Å²) in [5.74, 6) is 0. The van der Waals surface area contributed by atoms with E-state index in [2.05, 4.69) is 9.97 Å². The van der Waals surface area contributed by atoms with Gasteiger partial charge in [-0.05, 0) is 34.9 Å². The van der Waals surface area contributed by atoms with Gasteiger partial charge in [-0.25, -0.2) is 0 Å². The van der Waals surface area contributed by atoms with Crippen LogP contribution < -0.4 is 21.9 Å². The van der Waals surface area contributed by atoms with Gasteiger partial charge in [0, 0.05) is 23.5 Å². The number of rotatable bonds is 4. The van der Waals surface area contributed by atoms with Crippen molar-refractivity contribution >= 4 is 76.6 Å². The first-order valence-corrected chi connectivity index (χ1v) is 9.51. The average Bonchev–Trinajstić information content (AvgIpc) is 2.67. The summed E-state index contributed by atoms with van der Waals surface area (Å²) >= 11 is 7.56. The molecular formula is C18H11B4ClN2OS. The molecule has 0 aliphatic rings. The highest BCUT2D eigenvalue weighted by atomic mass is 35.5. The number of aliphatic hydroxyl groups is 1. The van der Waals surface area contributed by atoms with Crippen molar-refractivity contribution in [3.05, 3.63) is 41.3 Å². The predicted octanol–water partition coefficient (Wildman–Crippen LogP) is -0.147. The van der Waals surface area contributed by atoms with Gasteiger partial charge in [-0.1, -0.05) is 33.5 Å². The lowest BCUT2D eigenvalue weighted by atomic mass is 9.65. The van der Waals surface area contributed by atoms with Gasteiger partial charge in [-0.2, -0.15) is 0 Å². The van der Waals surface area contributed by atoms with E-state index in [4.69, 9.17) is 43.0 Å². The average molecular weight is 382 g/mol. The highest BCUT2D eigenvalue weighted by Gasteiger charge is 2.18. The third-order valence-electron chi connectivity index (χ3n) is 4.20. The largest absolute Gasteiger partial charge is 0.390 e. The van der Waals surface area contributed by atoms with Crippen LogP contribution in [0.2, 0.25) is 5.02 Å². The van der Waals surface area contributed by atoms with Crippen LogP contribution in [0.5, 0.6) is 0 Å². The van der Waals surface area contributed by atoms with Gasteiger partial charge in [0.15, 0.2) is 0 Å². The lowest BCUT2D eigenvalue weighted by molar-refractivity contribution is 0.277. The number of halogens is 1. The molecule has 0 aliphatic carbocycles. The van der Waals surface area contributed by atoms with Crippen LogP contribution in [-0.2, 0) is 6.61 Å². The van der Waals surface area contributed by atoms with E-state index >= 15 is 0 Å². The maximum atomic E-state index is 9.19. The molecule has 8 radical (unpaired) electrons. The Bertz CT molecular complexity index is 986. The van der Waals surface area contributed by atoms with E-state index in [-0.39, 0.29) is 6.61 Å². The molecule has 1 aromatic carbocycles. The fourth-order valence-corrected chi connectivity index (χ4v) is 3.65. The highest BCUT2D eigenvalue weighted by molar-refractivity contribution is 7.99. The van der Waals surface area contributed by atoms with Gasteiger partial charge < -0.3 is 5.11 Å². The van der Waals surface area contributed by atoms with Crippen molar-refractivity contribution in [1.29, 1.82) is 0 Å². The summed E-state index contributed by atoms with van der Waals surface area (Å²) < 4.78 is 0. The van der Waals surface area contributed by atoms with Gasteiger partial charge in [0.25, 0.3) is 0 Å². The Balaban J connectivity index is 2.31. The van der Waals surface area contributed by atoms with E-state index in [1.54, 1.807) is 24.4 Å². The summed E-state index contributed by atoms with van der Waals surface area (Å²) in [5.41, 5.74) is 4.28. The third kappa shape index (κ3) is 3.71. The van der Waals surface area contributed by atoms with Crippen LogP contribution in [0, 0.1) is 0 Å². The molecule has 0 fully saturated rings. The molecule has 0 saturated carbocycles. The van der Waals surface area contributed by atoms with E-state index in [0.717, 1.165) is 0 Å². The zero-order valence-electron chi connectivity index (χ0n) is 14.5. The molecule has 0 saturated heterocycles. The maximum absolute atomic E-state index is 9.19. The molecule has 3 rings (SSSR count). The van der Waals surface area contributed by atoms with Crippen molar-refractivity contribution < 1.29 is 5.11 Å². The number of aliphatic hydroxyl groups excluding tert-OH is 1. The van der Waals surface area contributed by atoms with Crippen molar-refractivity contribution in [2.75, 3.05) is 6.26 Å². The van der Waals surface area contributed by atoms with Gasteiger partial charge >= 0.3 is 0 Å². The highest BCUT2D eigenvalue weighted by Crippen LogP contribution is 2.30. The van der Waals surface area contributed by atoms with E-state index < -0.39 is 0 Å². The second-order valence-corrected chi connectivity index (χ2v) is 7.06. The molecule has 0 spiro atoms. The van der Waals surface area contributed by atoms with E-state index in [9.17, 15) is 5.11 Å². The second kappa shape index (κ2) is 8.17. The molecule has 3 nitrogen and oxygen atoms in total. The molecule has 0 bridgehead atoms. The van der Waals surface area contributed by atoms with Crippen LogP contribution in [0.3, 0.4) is 0 Å². The summed E-state index contributed by atoms with van der Waals surface area (Å²) in [5, 5.41) is 9.61. The van der Waals surface area contributed by atoms with E-state index in [0.29, 0.717) is 59.8 Å². The van der Waals surface area contributed by atoms with Crippen molar-refractivity contribution in [2.24, 2.45) is 0 Å². The fraction of sp³-hybridized carbons (Fsp3) is 0.111. The topological polar surface area (TPSA) is 46.0 Å². The smallest absolute Gasteiger partial charge is 0.114 e. The van der Waals surface area contributed by atoms with Gasteiger partial charge in [-0.15, -0.1) is 11.8 Å². The quantitative estimate of drug-likeness (QED) is 0.504. The minimum atomic E-state index is -0.149. The molecule has 124 valence electrons. The minimum absolute atomic E-state index is 0.149. The minimum Gasteiger partial charge on any atom is -0.390 e. The van der Waals surface area contributed by atoms with Crippen molar-refractivity contribution in [2.45, 2.75) is 11.5 Å². The standard InChI is InChI=1S/C18H11B4ClN2OS/c1-27-18-15(21)13(19)12(14(20)16(18)22)11-4-9(23)6-25-17(11)8-2-3-10(7-26)24-5-8/h2-6,26H,7H2,1H3. The molecular weight excluding hydrogens is 371 g/mol. The van der Waals surface area contributed by atoms with E-state index in [1.807, 2.05) is 6.26 Å². The van der Waals surface area contributed by atoms with Gasteiger partial charge in [0.1, 0.15) is 31.4 Å². The second-order valence-electron chi connectivity index (χ2n) is 5.81. The Labute approximate surface area is 173 Å². The first-order valence-electron chi connectivity index (χ1n) is 7.90. The third-order valence-corrected chi connectivity index (χ3v) is 5.25. The Hall–Kier alpha value is -1.62. The molecule has 27 heavy (non-hydrogen) atoms. The first kappa shape index (κ1) is 20.1. The number of pyridine rings is 2. The molecule has 9 heteroatoms. The summed E-state index contributed by atoms with van der Waals surface area (Å²) in [4.78, 5) is 9.27. The number of hydrogen-bond donors (Lipinski definition) is 1. The molecule has 0 unspecified atom stereocenters. The van der Waals surface area contributed by atoms with Crippen molar-refractivity contribution in [3.8, 4) is 22.4 Å². The molecule has 3 aromatic rings. The Morgan fingerprint density at radius 2 is 1.67 bits per heavy atom. The fourth-order valence-electron chi connectivity index (χ4n) is 2.83. The first-order chi connectivity index (χ1) is 12.9. The monoisotopic (exact) mass is 382 g/mol. The van der Waals surface area contributed by atoms with Crippen LogP contribution in [-0.4, -0.2) is 52.7 Å². The van der Waals surface area contributed by atoms with Crippen molar-refractivity contribution in [1.82, 2.24) is 9.97 Å².